The first-order chi connectivity index (χ1) is 14.1. The van der Waals surface area contributed by atoms with Crippen molar-refractivity contribution >= 4 is 15.9 Å². The minimum atomic E-state index is -3.71. The van der Waals surface area contributed by atoms with E-state index in [1.54, 1.807) is 65.7 Å². The van der Waals surface area contributed by atoms with Gasteiger partial charge in [-0.05, 0) is 37.1 Å². The summed E-state index contributed by atoms with van der Waals surface area (Å²) in [6.07, 6.45) is 6.24. The Morgan fingerprint density at radius 1 is 1.10 bits per heavy atom. The predicted octanol–water partition coefficient (Wildman–Crippen LogP) is 1.74. The van der Waals surface area contributed by atoms with E-state index in [0.717, 1.165) is 5.56 Å². The summed E-state index contributed by atoms with van der Waals surface area (Å²) in [7, 11) is -3.71. The molecule has 8 nitrogen and oxygen atoms in total. The van der Waals surface area contributed by atoms with Crippen LogP contribution < -0.4 is 5.32 Å². The molecule has 150 valence electrons. The molecule has 9 heteroatoms. The van der Waals surface area contributed by atoms with E-state index >= 15 is 0 Å². The Kier molecular flexibility index (Phi) is 5.41. The number of hydrogen-bond donors (Lipinski definition) is 1. The second-order valence-electron chi connectivity index (χ2n) is 6.74. The number of nitrogens with one attached hydrogen (secondary N) is 1. The fourth-order valence-electron chi connectivity index (χ4n) is 3.49. The third-order valence-corrected chi connectivity index (χ3v) is 6.82. The minimum absolute atomic E-state index is 0.202. The molecule has 0 bridgehead atoms. The highest BCUT2D eigenvalue weighted by Crippen LogP contribution is 2.26. The summed E-state index contributed by atoms with van der Waals surface area (Å²) in [5.74, 6) is 0.315. The normalized spacial score (nSPS) is 17.3. The van der Waals surface area contributed by atoms with Crippen LogP contribution in [-0.2, 0) is 21.4 Å². The van der Waals surface area contributed by atoms with Crippen LogP contribution in [0.4, 0.5) is 0 Å². The Hall–Kier alpha value is -3.04. The van der Waals surface area contributed by atoms with E-state index in [1.165, 1.54) is 4.31 Å². The molecule has 1 aliphatic rings. The molecule has 3 heterocycles. The number of carbonyl (C=O) groups is 1. The van der Waals surface area contributed by atoms with Gasteiger partial charge in [-0.15, -0.1) is 0 Å². The maximum Gasteiger partial charge on any atom is 0.243 e. The van der Waals surface area contributed by atoms with Crippen molar-refractivity contribution in [3.63, 3.8) is 0 Å². The van der Waals surface area contributed by atoms with Gasteiger partial charge >= 0.3 is 0 Å². The van der Waals surface area contributed by atoms with Crippen molar-refractivity contribution in [3.05, 3.63) is 72.7 Å². The quantitative estimate of drug-likeness (QED) is 0.666. The SMILES string of the molecule is O=C(NCc1cccnc1-n1cccn1)[C@H]1CCCN1S(=O)(=O)c1ccccc1. The monoisotopic (exact) mass is 411 g/mol. The fraction of sp³-hybridized carbons (Fsp3) is 0.250. The smallest absolute Gasteiger partial charge is 0.243 e. The summed E-state index contributed by atoms with van der Waals surface area (Å²) in [6, 6.07) is 12.9. The average molecular weight is 411 g/mol. The highest BCUT2D eigenvalue weighted by Gasteiger charge is 2.39. The van der Waals surface area contributed by atoms with E-state index in [4.69, 9.17) is 0 Å². The Morgan fingerprint density at radius 3 is 2.69 bits per heavy atom. The number of pyridine rings is 1. The number of benzene rings is 1. The lowest BCUT2D eigenvalue weighted by Gasteiger charge is -2.23. The molecule has 1 fully saturated rings. The zero-order chi connectivity index (χ0) is 20.3. The van der Waals surface area contributed by atoms with Crippen LogP contribution >= 0.6 is 0 Å². The zero-order valence-corrected chi connectivity index (χ0v) is 16.5. The van der Waals surface area contributed by atoms with Gasteiger partial charge < -0.3 is 5.32 Å². The van der Waals surface area contributed by atoms with Crippen LogP contribution in [0.5, 0.6) is 0 Å². The van der Waals surface area contributed by atoms with Crippen LogP contribution in [0, 0.1) is 0 Å². The zero-order valence-electron chi connectivity index (χ0n) is 15.7. The lowest BCUT2D eigenvalue weighted by Crippen LogP contribution is -2.45. The van der Waals surface area contributed by atoms with Gasteiger partial charge in [0.15, 0.2) is 5.82 Å². The number of hydrogen-bond acceptors (Lipinski definition) is 5. The van der Waals surface area contributed by atoms with E-state index in [9.17, 15) is 13.2 Å². The van der Waals surface area contributed by atoms with Crippen LogP contribution in [0.2, 0.25) is 0 Å². The maximum absolute atomic E-state index is 13.0. The van der Waals surface area contributed by atoms with Gasteiger partial charge in [0.2, 0.25) is 15.9 Å². The first-order valence-corrected chi connectivity index (χ1v) is 10.8. The summed E-state index contributed by atoms with van der Waals surface area (Å²) < 4.78 is 28.8. The van der Waals surface area contributed by atoms with E-state index < -0.39 is 16.1 Å². The Morgan fingerprint density at radius 2 is 1.93 bits per heavy atom. The molecule has 1 amide bonds. The van der Waals surface area contributed by atoms with Gasteiger partial charge in [0.1, 0.15) is 6.04 Å². The number of aromatic nitrogens is 3. The van der Waals surface area contributed by atoms with Crippen LogP contribution in [0.15, 0.2) is 72.0 Å². The molecule has 1 saturated heterocycles. The Bertz CT molecular complexity index is 1080. The van der Waals surface area contributed by atoms with Gasteiger partial charge in [-0.2, -0.15) is 9.40 Å². The summed E-state index contributed by atoms with van der Waals surface area (Å²) in [4.78, 5) is 17.4. The van der Waals surface area contributed by atoms with E-state index in [1.807, 2.05) is 6.07 Å². The maximum atomic E-state index is 13.0. The summed E-state index contributed by atoms with van der Waals surface area (Å²) in [5, 5.41) is 7.05. The number of carbonyl (C=O) groups excluding carboxylic acids is 1. The van der Waals surface area contributed by atoms with Crippen molar-refractivity contribution in [3.8, 4) is 5.82 Å². The molecular weight excluding hydrogens is 390 g/mol. The molecule has 0 spiro atoms. The first kappa shape index (κ1) is 19.3. The molecule has 1 N–H and O–H groups in total. The van der Waals surface area contributed by atoms with Crippen LogP contribution in [0.1, 0.15) is 18.4 Å². The standard InChI is InChI=1S/C20H21N5O3S/c26-20(22-15-16-7-4-11-21-19(16)24-13-6-12-23-24)18-10-5-14-25(18)29(27,28)17-8-2-1-3-9-17/h1-4,6-9,11-13,18H,5,10,14-15H2,(H,22,26)/t18-/m1/s1. The summed E-state index contributed by atoms with van der Waals surface area (Å²) in [6.45, 7) is 0.568. The third kappa shape index (κ3) is 3.92. The van der Waals surface area contributed by atoms with Crippen molar-refractivity contribution < 1.29 is 13.2 Å². The average Bonchev–Trinajstić information content (AvgIpc) is 3.45. The van der Waals surface area contributed by atoms with Gasteiger partial charge in [0, 0.05) is 37.2 Å². The van der Waals surface area contributed by atoms with Crippen molar-refractivity contribution in [1.29, 1.82) is 0 Å². The van der Waals surface area contributed by atoms with E-state index in [2.05, 4.69) is 15.4 Å². The first-order valence-electron chi connectivity index (χ1n) is 9.36. The summed E-state index contributed by atoms with van der Waals surface area (Å²) in [5.41, 5.74) is 0.792. The van der Waals surface area contributed by atoms with Crippen LogP contribution in [0.25, 0.3) is 5.82 Å². The van der Waals surface area contributed by atoms with Gasteiger partial charge in [-0.3, -0.25) is 4.79 Å². The molecule has 4 rings (SSSR count). The molecule has 1 atom stereocenters. The van der Waals surface area contributed by atoms with Crippen molar-refractivity contribution in [2.45, 2.75) is 30.3 Å². The Balaban J connectivity index is 1.49. The molecule has 0 unspecified atom stereocenters. The molecule has 2 aromatic heterocycles. The van der Waals surface area contributed by atoms with Gasteiger partial charge in [-0.25, -0.2) is 18.1 Å². The lowest BCUT2D eigenvalue weighted by molar-refractivity contribution is -0.124. The van der Waals surface area contributed by atoms with Crippen molar-refractivity contribution in [1.82, 2.24) is 24.4 Å². The van der Waals surface area contributed by atoms with E-state index in [0.29, 0.717) is 25.2 Å². The Labute approximate surface area is 169 Å². The second kappa shape index (κ2) is 8.14. The second-order valence-corrected chi connectivity index (χ2v) is 8.63. The fourth-order valence-corrected chi connectivity index (χ4v) is 5.16. The topological polar surface area (TPSA) is 97.2 Å². The predicted molar refractivity (Wildman–Crippen MR) is 107 cm³/mol. The lowest BCUT2D eigenvalue weighted by atomic mass is 10.2. The van der Waals surface area contributed by atoms with Crippen LogP contribution in [-0.4, -0.2) is 46.0 Å². The number of sulfonamides is 1. The number of amides is 1. The van der Waals surface area contributed by atoms with E-state index in [-0.39, 0.29) is 17.3 Å². The van der Waals surface area contributed by atoms with Gasteiger partial charge in [0.05, 0.1) is 4.90 Å². The molecule has 0 saturated carbocycles. The molecule has 29 heavy (non-hydrogen) atoms. The summed E-state index contributed by atoms with van der Waals surface area (Å²) >= 11 is 0. The highest BCUT2D eigenvalue weighted by molar-refractivity contribution is 7.89. The molecule has 0 radical (unpaired) electrons. The largest absolute Gasteiger partial charge is 0.350 e. The van der Waals surface area contributed by atoms with Gasteiger partial charge in [-0.1, -0.05) is 24.3 Å². The third-order valence-electron chi connectivity index (χ3n) is 4.90. The molecule has 1 aliphatic heterocycles. The minimum Gasteiger partial charge on any atom is -0.350 e. The van der Waals surface area contributed by atoms with Crippen molar-refractivity contribution in [2.24, 2.45) is 0 Å². The molecule has 0 aliphatic carbocycles. The van der Waals surface area contributed by atoms with Crippen LogP contribution in [0.3, 0.4) is 0 Å². The molecule has 3 aromatic rings. The molecule has 1 aromatic carbocycles. The molecular formula is C20H21N5O3S. The highest BCUT2D eigenvalue weighted by atomic mass is 32.2. The number of nitrogens with zero attached hydrogens (tertiary/aromatic N) is 4. The van der Waals surface area contributed by atoms with Gasteiger partial charge in [0.25, 0.3) is 0 Å². The number of rotatable bonds is 6. The van der Waals surface area contributed by atoms with Crippen molar-refractivity contribution in [2.75, 3.05) is 6.54 Å².